The molecule has 15 heavy (non-hydrogen) atoms. The van der Waals surface area contributed by atoms with E-state index < -0.39 is 0 Å². The van der Waals surface area contributed by atoms with Gasteiger partial charge in [-0.1, -0.05) is 5.21 Å². The van der Waals surface area contributed by atoms with Gasteiger partial charge in [-0.3, -0.25) is 0 Å². The summed E-state index contributed by atoms with van der Waals surface area (Å²) < 4.78 is 6.80. The van der Waals surface area contributed by atoms with Crippen LogP contribution in [-0.2, 0) is 17.7 Å². The summed E-state index contributed by atoms with van der Waals surface area (Å²) >= 11 is 0. The number of rotatable bonds is 8. The topological polar surface area (TPSA) is 80.4 Å². The summed E-state index contributed by atoms with van der Waals surface area (Å²) in [6, 6.07) is 0. The highest BCUT2D eigenvalue weighted by atomic mass is 16.5. The number of ether oxygens (including phenoxy) is 1. The second-order valence-electron chi connectivity index (χ2n) is 3.14. The van der Waals surface area contributed by atoms with E-state index in [1.807, 2.05) is 6.20 Å². The van der Waals surface area contributed by atoms with E-state index in [9.17, 15) is 0 Å². The average molecular weight is 215 g/mol. The highest BCUT2D eigenvalue weighted by Crippen LogP contribution is 1.97. The van der Waals surface area contributed by atoms with E-state index in [0.717, 1.165) is 12.1 Å². The van der Waals surface area contributed by atoms with Crippen molar-refractivity contribution >= 4 is 0 Å². The zero-order valence-corrected chi connectivity index (χ0v) is 8.67. The molecule has 0 aliphatic carbocycles. The van der Waals surface area contributed by atoms with E-state index in [1.54, 1.807) is 4.68 Å². The summed E-state index contributed by atoms with van der Waals surface area (Å²) in [7, 11) is 0. The molecule has 0 spiro atoms. The van der Waals surface area contributed by atoms with Crippen molar-refractivity contribution in [2.24, 2.45) is 0 Å². The molecule has 0 saturated carbocycles. The van der Waals surface area contributed by atoms with Crippen molar-refractivity contribution in [2.45, 2.75) is 19.4 Å². The number of aromatic nitrogens is 3. The fraction of sp³-hybridized carbons (Fsp3) is 0.778. The minimum absolute atomic E-state index is 0.0408. The van der Waals surface area contributed by atoms with E-state index in [0.29, 0.717) is 26.2 Å². The van der Waals surface area contributed by atoms with Gasteiger partial charge >= 0.3 is 0 Å². The highest BCUT2D eigenvalue weighted by molar-refractivity contribution is 4.91. The molecule has 6 heteroatoms. The molecule has 2 N–H and O–H groups in total. The number of hydrogen-bond donors (Lipinski definition) is 2. The van der Waals surface area contributed by atoms with Gasteiger partial charge in [0.05, 0.1) is 32.1 Å². The van der Waals surface area contributed by atoms with Gasteiger partial charge in [-0.2, -0.15) is 0 Å². The van der Waals surface area contributed by atoms with Crippen LogP contribution < -0.4 is 0 Å². The van der Waals surface area contributed by atoms with Crippen LogP contribution in [0, 0.1) is 0 Å². The predicted octanol–water partition coefficient (Wildman–Crippen LogP) is -0.788. The first-order chi connectivity index (χ1) is 7.36. The zero-order chi connectivity index (χ0) is 10.9. The van der Waals surface area contributed by atoms with E-state index in [4.69, 9.17) is 14.9 Å². The van der Waals surface area contributed by atoms with Gasteiger partial charge < -0.3 is 14.9 Å². The minimum atomic E-state index is 0.0408. The molecule has 0 unspecified atom stereocenters. The number of aliphatic hydroxyl groups excluding tert-OH is 2. The Morgan fingerprint density at radius 1 is 1.27 bits per heavy atom. The van der Waals surface area contributed by atoms with Crippen molar-refractivity contribution < 1.29 is 14.9 Å². The quantitative estimate of drug-likeness (QED) is 0.556. The summed E-state index contributed by atoms with van der Waals surface area (Å²) in [4.78, 5) is 0. The lowest BCUT2D eigenvalue weighted by molar-refractivity contribution is 0.0851. The van der Waals surface area contributed by atoms with Gasteiger partial charge in [0.1, 0.15) is 0 Å². The summed E-state index contributed by atoms with van der Waals surface area (Å²) in [6.45, 7) is 1.72. The van der Waals surface area contributed by atoms with Gasteiger partial charge in [0, 0.05) is 12.8 Å². The first kappa shape index (κ1) is 12.1. The standard InChI is InChI=1S/C9H17N3O3/c13-4-1-2-9-8-12(11-10-9)3-6-15-7-5-14/h8,13-14H,1-7H2. The van der Waals surface area contributed by atoms with Crippen LogP contribution in [0.2, 0.25) is 0 Å². The molecule has 0 amide bonds. The van der Waals surface area contributed by atoms with Gasteiger partial charge in [0.15, 0.2) is 0 Å². The monoisotopic (exact) mass is 215 g/mol. The van der Waals surface area contributed by atoms with Gasteiger partial charge in [0.2, 0.25) is 0 Å². The molecule has 0 aliphatic rings. The maximum Gasteiger partial charge on any atom is 0.0828 e. The minimum Gasteiger partial charge on any atom is -0.396 e. The van der Waals surface area contributed by atoms with Gasteiger partial charge in [-0.05, 0) is 12.8 Å². The van der Waals surface area contributed by atoms with Crippen molar-refractivity contribution in [3.8, 4) is 0 Å². The molecule has 0 bridgehead atoms. The first-order valence-corrected chi connectivity index (χ1v) is 5.05. The van der Waals surface area contributed by atoms with Crippen LogP contribution in [0.5, 0.6) is 0 Å². The zero-order valence-electron chi connectivity index (χ0n) is 8.67. The molecule has 1 aromatic rings. The lowest BCUT2D eigenvalue weighted by Crippen LogP contribution is -2.08. The third-order valence-corrected chi connectivity index (χ3v) is 1.88. The molecule has 0 radical (unpaired) electrons. The Labute approximate surface area is 88.5 Å². The molecule has 0 atom stereocenters. The second-order valence-corrected chi connectivity index (χ2v) is 3.14. The molecule has 1 heterocycles. The lowest BCUT2D eigenvalue weighted by Gasteiger charge is -2.00. The molecule has 86 valence electrons. The van der Waals surface area contributed by atoms with Crippen molar-refractivity contribution in [1.29, 1.82) is 0 Å². The van der Waals surface area contributed by atoms with Gasteiger partial charge in [0.25, 0.3) is 0 Å². The third-order valence-electron chi connectivity index (χ3n) is 1.88. The molecule has 0 aromatic carbocycles. The molecule has 1 rings (SSSR count). The number of hydrogen-bond acceptors (Lipinski definition) is 5. The summed E-state index contributed by atoms with van der Waals surface area (Å²) in [5.74, 6) is 0. The Morgan fingerprint density at radius 3 is 2.87 bits per heavy atom. The summed E-state index contributed by atoms with van der Waals surface area (Å²) in [6.07, 6.45) is 3.30. The highest BCUT2D eigenvalue weighted by Gasteiger charge is 1.99. The first-order valence-electron chi connectivity index (χ1n) is 5.05. The number of aliphatic hydroxyl groups is 2. The maximum absolute atomic E-state index is 8.64. The van der Waals surface area contributed by atoms with Crippen LogP contribution in [0.25, 0.3) is 0 Å². The van der Waals surface area contributed by atoms with Crippen LogP contribution in [0.3, 0.4) is 0 Å². The third kappa shape index (κ3) is 4.87. The van der Waals surface area contributed by atoms with E-state index in [1.165, 1.54) is 0 Å². The fourth-order valence-electron chi connectivity index (χ4n) is 1.15. The Morgan fingerprint density at radius 2 is 2.13 bits per heavy atom. The predicted molar refractivity (Wildman–Crippen MR) is 53.3 cm³/mol. The smallest absolute Gasteiger partial charge is 0.0828 e. The van der Waals surface area contributed by atoms with Crippen molar-refractivity contribution in [3.63, 3.8) is 0 Å². The van der Waals surface area contributed by atoms with Crippen molar-refractivity contribution in [3.05, 3.63) is 11.9 Å². The number of aryl methyl sites for hydroxylation is 1. The molecule has 0 saturated heterocycles. The Hall–Kier alpha value is -0.980. The molecule has 0 fully saturated rings. The number of nitrogens with zero attached hydrogens (tertiary/aromatic N) is 3. The van der Waals surface area contributed by atoms with Crippen LogP contribution in [0.4, 0.5) is 0 Å². The largest absolute Gasteiger partial charge is 0.396 e. The maximum atomic E-state index is 8.64. The van der Waals surface area contributed by atoms with Crippen LogP contribution in [0.15, 0.2) is 6.20 Å². The SMILES string of the molecule is OCCCc1cn(CCOCCO)nn1. The van der Waals surface area contributed by atoms with Gasteiger partial charge in [-0.25, -0.2) is 4.68 Å². The average Bonchev–Trinajstić information content (AvgIpc) is 2.69. The Bertz CT molecular complexity index is 265. The fourth-order valence-corrected chi connectivity index (χ4v) is 1.15. The van der Waals surface area contributed by atoms with Gasteiger partial charge in [-0.15, -0.1) is 5.10 Å². The van der Waals surface area contributed by atoms with Crippen LogP contribution >= 0.6 is 0 Å². The van der Waals surface area contributed by atoms with E-state index >= 15 is 0 Å². The molecule has 0 aliphatic heterocycles. The molecule has 1 aromatic heterocycles. The molecule has 6 nitrogen and oxygen atoms in total. The lowest BCUT2D eigenvalue weighted by atomic mass is 10.3. The normalized spacial score (nSPS) is 10.8. The van der Waals surface area contributed by atoms with Crippen molar-refractivity contribution in [1.82, 2.24) is 15.0 Å². The summed E-state index contributed by atoms with van der Waals surface area (Å²) in [5, 5.41) is 25.0. The summed E-state index contributed by atoms with van der Waals surface area (Å²) in [5.41, 5.74) is 0.881. The molecular formula is C9H17N3O3. The Balaban J connectivity index is 2.20. The molecular weight excluding hydrogens is 198 g/mol. The second kappa shape index (κ2) is 7.33. The van der Waals surface area contributed by atoms with E-state index in [-0.39, 0.29) is 13.2 Å². The Kier molecular flexibility index (Phi) is 5.91. The van der Waals surface area contributed by atoms with E-state index in [2.05, 4.69) is 10.3 Å². The van der Waals surface area contributed by atoms with Crippen molar-refractivity contribution in [2.75, 3.05) is 26.4 Å². The van der Waals surface area contributed by atoms with Crippen LogP contribution in [-0.4, -0.2) is 51.6 Å². The van der Waals surface area contributed by atoms with Crippen LogP contribution in [0.1, 0.15) is 12.1 Å².